The van der Waals surface area contributed by atoms with Crippen LogP contribution in [0.5, 0.6) is 0 Å². The second-order valence-electron chi connectivity index (χ2n) is 3.78. The smallest absolute Gasteiger partial charge is 0.239 e. The van der Waals surface area contributed by atoms with Gasteiger partial charge in [-0.2, -0.15) is 4.98 Å². The lowest BCUT2D eigenvalue weighted by atomic mass is 10.2. The van der Waals surface area contributed by atoms with Gasteiger partial charge in [0, 0.05) is 13.6 Å². The first kappa shape index (κ1) is 11.6. The van der Waals surface area contributed by atoms with E-state index in [1.54, 1.807) is 11.9 Å². The minimum absolute atomic E-state index is 0.210. The summed E-state index contributed by atoms with van der Waals surface area (Å²) in [6, 6.07) is 0. The van der Waals surface area contributed by atoms with E-state index in [-0.39, 0.29) is 11.8 Å². The van der Waals surface area contributed by atoms with Crippen LogP contribution in [0.3, 0.4) is 0 Å². The van der Waals surface area contributed by atoms with Gasteiger partial charge in [-0.15, -0.1) is 0 Å². The number of rotatable bonds is 4. The summed E-state index contributed by atoms with van der Waals surface area (Å²) >= 11 is 0. The maximum absolute atomic E-state index is 13.4. The number of nitrogens with two attached hydrogens (primary N) is 1. The second kappa shape index (κ2) is 4.88. The van der Waals surface area contributed by atoms with E-state index in [2.05, 4.69) is 29.2 Å². The van der Waals surface area contributed by atoms with Gasteiger partial charge in [-0.3, -0.25) is 5.43 Å². The van der Waals surface area contributed by atoms with Gasteiger partial charge in [0.2, 0.25) is 5.95 Å². The van der Waals surface area contributed by atoms with Crippen LogP contribution in [0.1, 0.15) is 13.8 Å². The van der Waals surface area contributed by atoms with Gasteiger partial charge >= 0.3 is 0 Å². The number of nitrogens with one attached hydrogen (secondary N) is 1. The van der Waals surface area contributed by atoms with Gasteiger partial charge in [-0.1, -0.05) is 13.8 Å². The lowest BCUT2D eigenvalue weighted by Crippen LogP contribution is -2.25. The molecule has 3 N–H and O–H groups in total. The van der Waals surface area contributed by atoms with Crippen molar-refractivity contribution in [3.8, 4) is 0 Å². The average Bonchev–Trinajstić information content (AvgIpc) is 2.17. The molecule has 6 heteroatoms. The van der Waals surface area contributed by atoms with Gasteiger partial charge in [-0.25, -0.2) is 15.2 Å². The molecule has 84 valence electrons. The molecule has 0 aliphatic heterocycles. The molecule has 0 fully saturated rings. The standard InChI is InChI=1S/C9H16FN5/c1-6(2)5-15(3)8-7(10)4-12-9(13-8)14-11/h4,6H,5,11H2,1-3H3,(H,12,13,14). The molecule has 0 aliphatic carbocycles. The Morgan fingerprint density at radius 3 is 2.80 bits per heavy atom. The summed E-state index contributed by atoms with van der Waals surface area (Å²) in [5.41, 5.74) is 2.29. The van der Waals surface area contributed by atoms with Gasteiger partial charge in [0.1, 0.15) is 0 Å². The molecule has 0 amide bonds. The largest absolute Gasteiger partial charge is 0.357 e. The van der Waals surface area contributed by atoms with Crippen molar-refractivity contribution in [1.82, 2.24) is 9.97 Å². The Morgan fingerprint density at radius 1 is 1.60 bits per heavy atom. The Morgan fingerprint density at radius 2 is 2.27 bits per heavy atom. The molecule has 0 bridgehead atoms. The number of hydrazine groups is 1. The highest BCUT2D eigenvalue weighted by Gasteiger charge is 2.12. The summed E-state index contributed by atoms with van der Waals surface area (Å²) in [6.07, 6.45) is 1.11. The van der Waals surface area contributed by atoms with Crippen molar-refractivity contribution in [2.75, 3.05) is 23.9 Å². The number of hydrogen-bond acceptors (Lipinski definition) is 5. The van der Waals surface area contributed by atoms with Crippen LogP contribution in [0.4, 0.5) is 16.2 Å². The molecule has 15 heavy (non-hydrogen) atoms. The third-order valence-corrected chi connectivity index (χ3v) is 1.86. The summed E-state index contributed by atoms with van der Waals surface area (Å²) in [5.74, 6) is 5.60. The molecule has 0 saturated carbocycles. The number of anilines is 2. The molecule has 0 spiro atoms. The Balaban J connectivity index is 2.91. The third-order valence-electron chi connectivity index (χ3n) is 1.86. The molecule has 0 atom stereocenters. The highest BCUT2D eigenvalue weighted by atomic mass is 19.1. The van der Waals surface area contributed by atoms with Crippen LogP contribution in [0.2, 0.25) is 0 Å². The van der Waals surface area contributed by atoms with E-state index in [9.17, 15) is 4.39 Å². The van der Waals surface area contributed by atoms with Crippen molar-refractivity contribution in [3.63, 3.8) is 0 Å². The molecule has 0 unspecified atom stereocenters. The van der Waals surface area contributed by atoms with Crippen molar-refractivity contribution in [1.29, 1.82) is 0 Å². The molecule has 0 radical (unpaired) electrons. The highest BCUT2D eigenvalue weighted by molar-refractivity contribution is 5.42. The first-order chi connectivity index (χ1) is 7.04. The van der Waals surface area contributed by atoms with Crippen molar-refractivity contribution in [2.45, 2.75) is 13.8 Å². The fourth-order valence-electron chi connectivity index (χ4n) is 1.33. The highest BCUT2D eigenvalue weighted by Crippen LogP contribution is 2.16. The molecule has 1 aromatic heterocycles. The predicted octanol–water partition coefficient (Wildman–Crippen LogP) is 0.994. The van der Waals surface area contributed by atoms with Crippen molar-refractivity contribution >= 4 is 11.8 Å². The van der Waals surface area contributed by atoms with Crippen LogP contribution in [0, 0.1) is 11.7 Å². The quantitative estimate of drug-likeness (QED) is 0.576. The molecular formula is C9H16FN5. The number of nitrogen functional groups attached to an aromatic ring is 1. The van der Waals surface area contributed by atoms with E-state index in [4.69, 9.17) is 5.84 Å². The minimum atomic E-state index is -0.447. The van der Waals surface area contributed by atoms with Crippen LogP contribution in [0.15, 0.2) is 6.20 Å². The Kier molecular flexibility index (Phi) is 3.79. The maximum atomic E-state index is 13.4. The van der Waals surface area contributed by atoms with Gasteiger partial charge in [0.25, 0.3) is 0 Å². The normalized spacial score (nSPS) is 10.5. The molecule has 0 aliphatic rings. The van der Waals surface area contributed by atoms with E-state index in [0.29, 0.717) is 5.92 Å². The monoisotopic (exact) mass is 213 g/mol. The van der Waals surface area contributed by atoms with Crippen LogP contribution in [-0.4, -0.2) is 23.6 Å². The zero-order valence-corrected chi connectivity index (χ0v) is 9.16. The van der Waals surface area contributed by atoms with E-state index in [1.807, 2.05) is 0 Å². The van der Waals surface area contributed by atoms with Crippen molar-refractivity contribution in [2.24, 2.45) is 11.8 Å². The second-order valence-corrected chi connectivity index (χ2v) is 3.78. The van der Waals surface area contributed by atoms with E-state index < -0.39 is 5.82 Å². The molecule has 0 saturated heterocycles. The van der Waals surface area contributed by atoms with Gasteiger partial charge < -0.3 is 4.90 Å². The number of aromatic nitrogens is 2. The van der Waals surface area contributed by atoms with Crippen LogP contribution in [0.25, 0.3) is 0 Å². The zero-order valence-electron chi connectivity index (χ0n) is 9.16. The summed E-state index contributed by atoms with van der Waals surface area (Å²) in [6.45, 7) is 4.83. The SMILES string of the molecule is CC(C)CN(C)c1nc(NN)ncc1F. The molecule has 1 aromatic rings. The molecule has 0 aromatic carbocycles. The van der Waals surface area contributed by atoms with Crippen molar-refractivity contribution < 1.29 is 4.39 Å². The first-order valence-electron chi connectivity index (χ1n) is 4.75. The summed E-state index contributed by atoms with van der Waals surface area (Å²) in [4.78, 5) is 9.36. The van der Waals surface area contributed by atoms with Crippen molar-refractivity contribution in [3.05, 3.63) is 12.0 Å². The van der Waals surface area contributed by atoms with Gasteiger partial charge in [0.15, 0.2) is 11.6 Å². The summed E-state index contributed by atoms with van der Waals surface area (Å²) in [5, 5.41) is 0. The Labute approximate surface area is 88.5 Å². The predicted molar refractivity (Wildman–Crippen MR) is 57.9 cm³/mol. The maximum Gasteiger partial charge on any atom is 0.239 e. The zero-order chi connectivity index (χ0) is 11.4. The molecule has 5 nitrogen and oxygen atoms in total. The van der Waals surface area contributed by atoms with Crippen LogP contribution < -0.4 is 16.2 Å². The number of nitrogens with zero attached hydrogens (tertiary/aromatic N) is 3. The molecule has 1 rings (SSSR count). The topological polar surface area (TPSA) is 67.1 Å². The average molecular weight is 213 g/mol. The third kappa shape index (κ3) is 3.02. The molecule has 1 heterocycles. The van der Waals surface area contributed by atoms with E-state index in [1.165, 1.54) is 0 Å². The van der Waals surface area contributed by atoms with E-state index >= 15 is 0 Å². The minimum Gasteiger partial charge on any atom is -0.357 e. The lowest BCUT2D eigenvalue weighted by Gasteiger charge is -2.20. The fourth-order valence-corrected chi connectivity index (χ4v) is 1.33. The Bertz CT molecular complexity index is 328. The first-order valence-corrected chi connectivity index (χ1v) is 4.75. The van der Waals surface area contributed by atoms with Gasteiger partial charge in [0.05, 0.1) is 6.20 Å². The Hall–Kier alpha value is -1.43. The number of hydrogen-bond donors (Lipinski definition) is 2. The fraction of sp³-hybridized carbons (Fsp3) is 0.556. The summed E-state index contributed by atoms with van der Waals surface area (Å²) in [7, 11) is 1.78. The lowest BCUT2D eigenvalue weighted by molar-refractivity contribution is 0.586. The van der Waals surface area contributed by atoms with Crippen LogP contribution in [-0.2, 0) is 0 Å². The number of halogens is 1. The van der Waals surface area contributed by atoms with E-state index in [0.717, 1.165) is 12.7 Å². The van der Waals surface area contributed by atoms with Crippen LogP contribution >= 0.6 is 0 Å². The summed E-state index contributed by atoms with van der Waals surface area (Å²) < 4.78 is 13.4. The molecular weight excluding hydrogens is 197 g/mol. The van der Waals surface area contributed by atoms with Gasteiger partial charge in [-0.05, 0) is 5.92 Å².